The molecule has 5 unspecified atom stereocenters. The van der Waals surface area contributed by atoms with Gasteiger partial charge in [-0.3, -0.25) is 0 Å². The van der Waals surface area contributed by atoms with Gasteiger partial charge in [-0.1, -0.05) is 109 Å². The van der Waals surface area contributed by atoms with Crippen molar-refractivity contribution in [1.29, 1.82) is 0 Å². The first kappa shape index (κ1) is 57.1. The van der Waals surface area contributed by atoms with E-state index in [-0.39, 0.29) is 71.9 Å². The normalized spacial score (nSPS) is 38.2. The van der Waals surface area contributed by atoms with E-state index in [0.29, 0.717) is 68.0 Å². The summed E-state index contributed by atoms with van der Waals surface area (Å²) < 4.78 is 90.2. The molecule has 0 spiro atoms. The van der Waals surface area contributed by atoms with Crippen molar-refractivity contribution in [1.82, 2.24) is 0 Å². The minimum Gasteiger partial charge on any atom is -0.458 e. The van der Waals surface area contributed by atoms with Crippen LogP contribution in [0.4, 0.5) is 0 Å². The molecule has 406 valence electrons. The van der Waals surface area contributed by atoms with Crippen LogP contribution in [0, 0.1) is 23.7 Å². The Morgan fingerprint density at radius 3 is 2.33 bits per heavy atom. The Labute approximate surface area is 442 Å². The summed E-state index contributed by atoms with van der Waals surface area (Å²) in [5.74, 6) is -1.74. The molecule has 72 heavy (non-hydrogen) atoms. The highest BCUT2D eigenvalue weighted by Gasteiger charge is 2.69. The minimum atomic E-state index is -3.93. The average Bonchev–Trinajstić information content (AvgIpc) is 3.85. The summed E-state index contributed by atoms with van der Waals surface area (Å²) in [6.45, 7) is 29.1. The Hall–Kier alpha value is -1.11. The lowest BCUT2D eigenvalue weighted by molar-refractivity contribution is -0.293. The zero-order valence-electron chi connectivity index (χ0n) is 44.4. The van der Waals surface area contributed by atoms with Gasteiger partial charge in [-0.25, -0.2) is 13.2 Å². The van der Waals surface area contributed by atoms with Crippen molar-refractivity contribution in [2.45, 2.75) is 247 Å². The van der Waals surface area contributed by atoms with Gasteiger partial charge in [0.2, 0.25) is 0 Å². The van der Waals surface area contributed by atoms with E-state index in [1.54, 1.807) is 24.3 Å². The van der Waals surface area contributed by atoms with E-state index in [9.17, 15) is 18.3 Å². The van der Waals surface area contributed by atoms with Crippen molar-refractivity contribution in [2.75, 3.05) is 6.61 Å². The predicted molar refractivity (Wildman–Crippen MR) is 287 cm³/mol. The van der Waals surface area contributed by atoms with Gasteiger partial charge >= 0.3 is 5.97 Å². The quantitative estimate of drug-likeness (QED) is 0.0507. The first-order valence-corrected chi connectivity index (χ1v) is 33.8. The number of halogens is 1. The van der Waals surface area contributed by atoms with Gasteiger partial charge in [0.15, 0.2) is 23.6 Å². The first-order chi connectivity index (χ1) is 33.9. The summed E-state index contributed by atoms with van der Waals surface area (Å²) >= 11 is 3.48. The fourth-order valence-corrected chi connectivity index (χ4v) is 16.7. The van der Waals surface area contributed by atoms with E-state index >= 15 is 0 Å². The number of esters is 1. The second kappa shape index (κ2) is 23.1. The molecule has 13 nitrogen and oxygen atoms in total. The highest BCUT2D eigenvalue weighted by atomic mass is 79.9. The SMILES string of the molecule is C=C(Br)C[C@H](CC[C@@]12C[C@H]3O[C@H]4[C@@H](O1)[C@H]1O[C@@H](CC(O)C(C5[C@H](CC6O[C@@H](CCCC)C[C@@H](C)C6=C)O[C@H](C[C@H](C)CO[Si](C)(C)C(C)(C)C)[C@@H]5C)S(=O)(=O)P)CC[C@@H]1O[C@H]4[C@H]3O2)OC(=O)c1ccccc1. The highest BCUT2D eigenvalue weighted by molar-refractivity contribution is 9.11. The highest BCUT2D eigenvalue weighted by Crippen LogP contribution is 2.55. The molecule has 0 aliphatic carbocycles. The summed E-state index contributed by atoms with van der Waals surface area (Å²) in [7, 11) is -3.84. The molecule has 6 bridgehead atoms. The fraction of sp³-hybridized carbons (Fsp3) is 0.800. The van der Waals surface area contributed by atoms with Gasteiger partial charge in [-0.15, -0.1) is 0 Å². The molecule has 0 amide bonds. The zero-order valence-corrected chi connectivity index (χ0v) is 48.9. The Bertz CT molecular complexity index is 2160. The Kier molecular flexibility index (Phi) is 18.3. The first-order valence-electron chi connectivity index (χ1n) is 27.1. The summed E-state index contributed by atoms with van der Waals surface area (Å²) in [5.41, 5.74) is 1.49. The molecule has 0 aromatic heterocycles. The average molecular weight is 1130 g/mol. The molecule has 8 saturated heterocycles. The molecular weight excluding hydrogens is 1040 g/mol. The molecule has 8 aliphatic heterocycles. The van der Waals surface area contributed by atoms with Crippen molar-refractivity contribution in [3.05, 3.63) is 59.1 Å². The van der Waals surface area contributed by atoms with Gasteiger partial charge in [0.25, 0.3) is 0 Å². The van der Waals surface area contributed by atoms with Gasteiger partial charge in [0, 0.05) is 44.6 Å². The predicted octanol–water partition coefficient (Wildman–Crippen LogP) is 10.6. The minimum absolute atomic E-state index is 0.0725. The molecule has 1 aromatic rings. The van der Waals surface area contributed by atoms with Crippen molar-refractivity contribution in [2.24, 2.45) is 23.7 Å². The summed E-state index contributed by atoms with van der Waals surface area (Å²) in [5, 5.41) is 11.5. The second-order valence-electron chi connectivity index (χ2n) is 24.3. The Balaban J connectivity index is 0.987. The van der Waals surface area contributed by atoms with Crippen LogP contribution in [0.2, 0.25) is 18.1 Å². The standard InChI is InChI=1S/C55H86BrO13PSSi/c1-12-13-19-37-25-32(3)34(5)43(62-37)28-44-46(35(6)42(65-44)24-31(2)30-61-72(10,11)54(7,8)9)52(71(59,60)70)40(57)27-38-20-21-41-47(63-38)51-50-49(66-41)48-45(67-50)29-55(68-48,69-51)23-22-39(26-33(4)56)64-53(58)36-17-15-14-16-18-36/h14-18,31-32,35,37-52,57H,4-5,12-13,19-30,70H2,1-3,6-11H3/t31-,32+,35-,37-,38+,39-,40?,41-,42+,43?,44-,45+,46?,47-,48-,49-,50+,51-,52?,55-/m0/s1. The molecule has 8 heterocycles. The topological polar surface area (TPSA) is 155 Å². The van der Waals surface area contributed by atoms with Crippen LogP contribution in [0.25, 0.3) is 0 Å². The van der Waals surface area contributed by atoms with Crippen LogP contribution in [0.5, 0.6) is 0 Å². The maximum atomic E-state index is 14.3. The Morgan fingerprint density at radius 1 is 0.958 bits per heavy atom. The smallest absolute Gasteiger partial charge is 0.338 e. The maximum Gasteiger partial charge on any atom is 0.338 e. The van der Waals surface area contributed by atoms with Crippen LogP contribution >= 0.6 is 24.4 Å². The monoisotopic (exact) mass is 1120 g/mol. The number of carbonyl (C=O) groups is 1. The number of unbranched alkanes of at least 4 members (excludes halogenated alkanes) is 1. The van der Waals surface area contributed by atoms with Gasteiger partial charge < -0.3 is 47.4 Å². The molecule has 1 aromatic carbocycles. The molecule has 0 radical (unpaired) electrons. The van der Waals surface area contributed by atoms with Crippen molar-refractivity contribution in [3.8, 4) is 0 Å². The number of rotatable bonds is 22. The third-order valence-corrected chi connectivity index (χ3v) is 24.9. The third-order valence-electron chi connectivity index (χ3n) is 17.7. The number of hydrogen-bond donors (Lipinski definition) is 1. The summed E-state index contributed by atoms with van der Waals surface area (Å²) in [6, 6.07) is 8.94. The van der Waals surface area contributed by atoms with Crippen molar-refractivity contribution in [3.63, 3.8) is 0 Å². The molecule has 17 heteroatoms. The number of aliphatic hydroxyl groups is 1. The molecule has 1 N–H and O–H groups in total. The number of ether oxygens (including phenoxy) is 8. The van der Waals surface area contributed by atoms with Crippen molar-refractivity contribution >= 4 is 48.1 Å². The second-order valence-corrected chi connectivity index (χ2v) is 33.9. The van der Waals surface area contributed by atoms with E-state index < -0.39 is 83.4 Å². The maximum absolute atomic E-state index is 14.3. The summed E-state index contributed by atoms with van der Waals surface area (Å²) in [4.78, 5) is 13.2. The summed E-state index contributed by atoms with van der Waals surface area (Å²) in [6.07, 6.45) is 2.44. The molecule has 8 fully saturated rings. The number of benzene rings is 1. The Morgan fingerprint density at radius 2 is 1.65 bits per heavy atom. The number of hydrogen-bond acceptors (Lipinski definition) is 13. The van der Waals surface area contributed by atoms with Crippen LogP contribution in [0.15, 0.2) is 53.5 Å². The number of fused-ring (bicyclic) bond motifs is 1. The lowest BCUT2D eigenvalue weighted by atomic mass is 9.78. The number of aliphatic hydroxyl groups excluding tert-OH is 1. The van der Waals surface area contributed by atoms with Gasteiger partial charge in [-0.05, 0) is 105 Å². The zero-order chi connectivity index (χ0) is 52.1. The van der Waals surface area contributed by atoms with Crippen LogP contribution < -0.4 is 0 Å². The van der Waals surface area contributed by atoms with Crippen LogP contribution in [-0.2, 0) is 51.8 Å². The molecule has 0 saturated carbocycles. The van der Waals surface area contributed by atoms with E-state index in [0.717, 1.165) is 31.3 Å². The molecular formula is C55H86BrO13PSSi. The van der Waals surface area contributed by atoms with Gasteiger partial charge in [-0.2, -0.15) is 0 Å². The number of carbonyl (C=O) groups excluding carboxylic acids is 1. The largest absolute Gasteiger partial charge is 0.458 e. The van der Waals surface area contributed by atoms with Gasteiger partial charge in [0.05, 0.1) is 59.6 Å². The lowest BCUT2D eigenvalue weighted by Gasteiger charge is -2.48. The van der Waals surface area contributed by atoms with Crippen molar-refractivity contribution < 1.29 is 60.6 Å². The fourth-order valence-electron chi connectivity index (χ4n) is 12.7. The van der Waals surface area contributed by atoms with E-state index in [4.69, 9.17) is 42.3 Å². The van der Waals surface area contributed by atoms with Crippen LogP contribution in [0.1, 0.15) is 142 Å². The van der Waals surface area contributed by atoms with Crippen LogP contribution in [0.3, 0.4) is 0 Å². The van der Waals surface area contributed by atoms with E-state index in [1.165, 1.54) is 0 Å². The molecule has 9 rings (SSSR count). The van der Waals surface area contributed by atoms with E-state index in [2.05, 4.69) is 99.1 Å². The van der Waals surface area contributed by atoms with Crippen LogP contribution in [-0.4, -0.2) is 131 Å². The molecule has 21 atom stereocenters. The van der Waals surface area contributed by atoms with E-state index in [1.807, 2.05) is 6.07 Å². The third kappa shape index (κ3) is 12.7. The molecule has 8 aliphatic rings. The van der Waals surface area contributed by atoms with Gasteiger partial charge in [0.1, 0.15) is 36.6 Å². The lowest BCUT2D eigenvalue weighted by Crippen LogP contribution is -2.62.